The number of nitrogens with zero attached hydrogens (tertiary/aromatic N) is 6. The highest BCUT2D eigenvalue weighted by molar-refractivity contribution is 6.28. The average molecular weight is 464 g/mol. The molecule has 2 N–H and O–H groups in total. The monoisotopic (exact) mass is 464 g/mol. The molecule has 0 bridgehead atoms. The molecule has 34 heavy (non-hydrogen) atoms. The fourth-order valence-electron chi connectivity index (χ4n) is 4.68. The molecule has 0 amide bonds. The molecule has 2 aromatic rings. The number of hydrogen-bond donors (Lipinski definition) is 2. The first-order valence-electron chi connectivity index (χ1n) is 10.8. The molecule has 2 atom stereocenters. The van der Waals surface area contributed by atoms with Crippen molar-refractivity contribution in [3.63, 3.8) is 0 Å². The Morgan fingerprint density at radius 1 is 1.03 bits per heavy atom. The van der Waals surface area contributed by atoms with Gasteiger partial charge in [-0.25, -0.2) is 4.99 Å². The van der Waals surface area contributed by atoms with Gasteiger partial charge < -0.3 is 25.1 Å². The van der Waals surface area contributed by atoms with E-state index >= 15 is 0 Å². The van der Waals surface area contributed by atoms with Gasteiger partial charge in [0.15, 0.2) is 5.69 Å². The molecule has 12 nitrogen and oxygen atoms in total. The number of phenolic OH excluding ortho intramolecular Hbond substituents is 2. The summed E-state index contributed by atoms with van der Waals surface area (Å²) < 4.78 is 7.02. The maximum Gasteiger partial charge on any atom is 0.288 e. The molecular formula is C22H20N6O6. The summed E-state index contributed by atoms with van der Waals surface area (Å²) in [5.74, 6) is -2.43. The van der Waals surface area contributed by atoms with Crippen molar-refractivity contribution in [1.82, 2.24) is 19.6 Å². The number of carbonyl (C=O) groups excluding carboxylic acids is 2. The minimum atomic E-state index is -0.785. The van der Waals surface area contributed by atoms with Crippen LogP contribution in [-0.2, 0) is 11.4 Å². The van der Waals surface area contributed by atoms with Gasteiger partial charge >= 0.3 is 0 Å². The molecule has 174 valence electrons. The zero-order chi connectivity index (χ0) is 23.6. The second kappa shape index (κ2) is 7.42. The fourth-order valence-corrected chi connectivity index (χ4v) is 4.68. The molecule has 4 aliphatic rings. The van der Waals surface area contributed by atoms with Gasteiger partial charge in [0.05, 0.1) is 11.1 Å². The summed E-state index contributed by atoms with van der Waals surface area (Å²) in [4.78, 5) is 34.8. The number of benzene rings is 1. The van der Waals surface area contributed by atoms with Crippen LogP contribution in [0.5, 0.6) is 11.5 Å². The number of hydrogen-bond acceptors (Lipinski definition) is 10. The number of piperazine rings is 1. The molecule has 2 aliphatic heterocycles. The number of aromatic hydroxyl groups is 2. The molecule has 1 aromatic heterocycles. The van der Waals surface area contributed by atoms with Gasteiger partial charge in [-0.2, -0.15) is 0 Å². The third-order valence-corrected chi connectivity index (χ3v) is 6.45. The third-order valence-electron chi connectivity index (χ3n) is 6.45. The number of carbonyl (C=O) groups is 2. The molecule has 0 saturated carbocycles. The number of ketones is 2. The number of allylic oxidation sites excluding steroid dienone is 2. The molecule has 2 aliphatic carbocycles. The Labute approximate surface area is 192 Å². The lowest BCUT2D eigenvalue weighted by molar-refractivity contribution is -0.751. The van der Waals surface area contributed by atoms with Crippen molar-refractivity contribution in [2.24, 2.45) is 4.99 Å². The number of ether oxygens (including phenoxy) is 1. The smallest absolute Gasteiger partial charge is 0.288 e. The van der Waals surface area contributed by atoms with Crippen molar-refractivity contribution in [3.8, 4) is 11.5 Å². The van der Waals surface area contributed by atoms with E-state index in [-0.39, 0.29) is 46.3 Å². The Hall–Kier alpha value is -4.19. The predicted octanol–water partition coefficient (Wildman–Crippen LogP) is -0.472. The van der Waals surface area contributed by atoms with E-state index in [0.29, 0.717) is 32.2 Å². The van der Waals surface area contributed by atoms with Gasteiger partial charge in [0.25, 0.3) is 6.02 Å². The molecule has 0 spiro atoms. The van der Waals surface area contributed by atoms with E-state index in [1.54, 1.807) is 0 Å². The Balaban J connectivity index is 1.21. The van der Waals surface area contributed by atoms with Crippen LogP contribution in [0.4, 0.5) is 0 Å². The van der Waals surface area contributed by atoms with E-state index in [0.717, 1.165) is 16.8 Å². The number of amidine groups is 1. The molecule has 1 fully saturated rings. The van der Waals surface area contributed by atoms with E-state index in [4.69, 9.17) is 4.74 Å². The third kappa shape index (κ3) is 2.99. The molecule has 1 saturated heterocycles. The number of aliphatic imine (C=N–C) groups is 1. The van der Waals surface area contributed by atoms with Crippen LogP contribution in [0.1, 0.15) is 32.1 Å². The van der Waals surface area contributed by atoms with Gasteiger partial charge in [-0.3, -0.25) is 14.5 Å². The highest BCUT2D eigenvalue weighted by Crippen LogP contribution is 2.36. The van der Waals surface area contributed by atoms with Crippen LogP contribution >= 0.6 is 0 Å². The Bertz CT molecular complexity index is 1320. The van der Waals surface area contributed by atoms with Crippen molar-refractivity contribution >= 4 is 17.6 Å². The minimum Gasteiger partial charge on any atom is -0.571 e. The van der Waals surface area contributed by atoms with E-state index in [1.807, 2.05) is 34.1 Å². The second-order valence-electron chi connectivity index (χ2n) is 8.46. The molecule has 1 aromatic carbocycles. The molecule has 0 radical (unpaired) electrons. The first-order valence-corrected chi connectivity index (χ1v) is 10.8. The molecule has 3 heterocycles. The highest BCUT2D eigenvalue weighted by Gasteiger charge is 2.43. The topological polar surface area (TPSA) is 147 Å². The first-order chi connectivity index (χ1) is 16.4. The van der Waals surface area contributed by atoms with Crippen molar-refractivity contribution in [1.29, 1.82) is 0 Å². The van der Waals surface area contributed by atoms with Crippen LogP contribution in [-0.4, -0.2) is 85.7 Å². The van der Waals surface area contributed by atoms with Crippen LogP contribution in [0.25, 0.3) is 0 Å². The maximum absolute atomic E-state index is 13.1. The van der Waals surface area contributed by atoms with Gasteiger partial charge in [-0.1, -0.05) is 22.9 Å². The fraction of sp³-hybridized carbons (Fsp3) is 0.318. The summed E-state index contributed by atoms with van der Waals surface area (Å²) in [5.41, 5.74) is -1.23. The van der Waals surface area contributed by atoms with Crippen molar-refractivity contribution in [2.75, 3.05) is 26.2 Å². The lowest BCUT2D eigenvalue weighted by Gasteiger charge is -2.34. The quantitative estimate of drug-likeness (QED) is 0.292. The number of rotatable bonds is 2. The largest absolute Gasteiger partial charge is 0.571 e. The van der Waals surface area contributed by atoms with Gasteiger partial charge in [-0.15, -0.1) is 0 Å². The summed E-state index contributed by atoms with van der Waals surface area (Å²) >= 11 is 0. The van der Waals surface area contributed by atoms with Crippen molar-refractivity contribution < 1.29 is 29.5 Å². The molecule has 2 unspecified atom stereocenters. The van der Waals surface area contributed by atoms with E-state index < -0.39 is 23.1 Å². The van der Waals surface area contributed by atoms with Gasteiger partial charge in [-0.05, 0) is 18.2 Å². The average Bonchev–Trinajstić information content (AvgIpc) is 3.41. The van der Waals surface area contributed by atoms with Crippen LogP contribution in [0.15, 0.2) is 41.4 Å². The summed E-state index contributed by atoms with van der Waals surface area (Å²) in [7, 11) is 0. The van der Waals surface area contributed by atoms with E-state index in [1.165, 1.54) is 0 Å². The predicted molar refractivity (Wildman–Crippen MR) is 115 cm³/mol. The SMILES string of the molecule is O=C1c2n[n+]([O-])n(CN3CCN(C4=NC5C=CC=CC5O4)CC3)c2C(=O)c2c(O)ccc(O)c21. The van der Waals surface area contributed by atoms with Crippen LogP contribution in [0, 0.1) is 5.21 Å². The zero-order valence-electron chi connectivity index (χ0n) is 17.9. The van der Waals surface area contributed by atoms with Gasteiger partial charge in [0.1, 0.15) is 30.3 Å². The van der Waals surface area contributed by atoms with E-state index in [9.17, 15) is 25.0 Å². The summed E-state index contributed by atoms with van der Waals surface area (Å²) in [6.07, 6.45) is 7.77. The summed E-state index contributed by atoms with van der Waals surface area (Å²) in [6, 6.07) is 2.83. The van der Waals surface area contributed by atoms with E-state index in [2.05, 4.69) is 10.1 Å². The van der Waals surface area contributed by atoms with Crippen LogP contribution < -0.4 is 4.96 Å². The lowest BCUT2D eigenvalue weighted by Crippen LogP contribution is -2.52. The van der Waals surface area contributed by atoms with Crippen LogP contribution in [0.2, 0.25) is 0 Å². The normalized spacial score (nSPS) is 23.4. The second-order valence-corrected chi connectivity index (χ2v) is 8.46. The number of fused-ring (bicyclic) bond motifs is 3. The van der Waals surface area contributed by atoms with Crippen molar-refractivity contribution in [2.45, 2.75) is 18.8 Å². The summed E-state index contributed by atoms with van der Waals surface area (Å²) in [5, 5.41) is 36.5. The van der Waals surface area contributed by atoms with Crippen molar-refractivity contribution in [3.05, 3.63) is 64.2 Å². The maximum atomic E-state index is 13.1. The highest BCUT2D eigenvalue weighted by atomic mass is 16.5. The zero-order valence-corrected chi connectivity index (χ0v) is 17.9. The minimum absolute atomic E-state index is 0.0165. The van der Waals surface area contributed by atoms with Gasteiger partial charge in [0.2, 0.25) is 17.3 Å². The summed E-state index contributed by atoms with van der Waals surface area (Å²) in [6.45, 7) is 2.34. The number of phenols is 2. The Morgan fingerprint density at radius 3 is 2.41 bits per heavy atom. The first kappa shape index (κ1) is 20.4. The molecule has 6 rings (SSSR count). The lowest BCUT2D eigenvalue weighted by atomic mass is 9.88. The molecule has 12 heteroatoms. The Kier molecular flexibility index (Phi) is 4.45. The number of aromatic nitrogens is 3. The molecular weight excluding hydrogens is 444 g/mol. The van der Waals surface area contributed by atoms with Gasteiger partial charge in [0, 0.05) is 36.2 Å². The Morgan fingerprint density at radius 2 is 1.71 bits per heavy atom. The van der Waals surface area contributed by atoms with Crippen LogP contribution in [0.3, 0.4) is 0 Å². The standard InChI is InChI=1S/C22H20N6O6/c29-13-5-6-14(30)17-16(13)20(31)18-19(21(17)32)27(28(33)24-18)11-25-7-9-26(10-8-25)22-23-12-3-1-2-4-15(12)34-22/h1-6,12,15,29-30H,7-11H2.